The van der Waals surface area contributed by atoms with Gasteiger partial charge in [0.2, 0.25) is 0 Å². The lowest BCUT2D eigenvalue weighted by molar-refractivity contribution is 0.0920. The second-order valence-electron chi connectivity index (χ2n) is 7.97. The monoisotopic (exact) mass is 441 g/mol. The summed E-state index contributed by atoms with van der Waals surface area (Å²) in [7, 11) is 0. The van der Waals surface area contributed by atoms with Gasteiger partial charge in [0.15, 0.2) is 0 Å². The van der Waals surface area contributed by atoms with Crippen molar-refractivity contribution in [1.82, 2.24) is 15.6 Å². The molecule has 5 rings (SSSR count). The summed E-state index contributed by atoms with van der Waals surface area (Å²) < 4.78 is 19.8. The van der Waals surface area contributed by atoms with Gasteiger partial charge in [-0.15, -0.1) is 11.3 Å². The number of carbonyl (C=O) groups excluding carboxylic acids is 1. The molecule has 7 nitrogen and oxygen atoms in total. The molecule has 1 amide bonds. The van der Waals surface area contributed by atoms with Crippen LogP contribution in [0.15, 0.2) is 24.3 Å². The summed E-state index contributed by atoms with van der Waals surface area (Å²) in [6.07, 6.45) is 0.680. The van der Waals surface area contributed by atoms with Crippen LogP contribution in [0.25, 0.3) is 10.2 Å². The first kappa shape index (κ1) is 20.0. The van der Waals surface area contributed by atoms with Gasteiger partial charge in [-0.2, -0.15) is 0 Å². The number of nitrogens with two attached hydrogens (primary N) is 1. The summed E-state index contributed by atoms with van der Waals surface area (Å²) in [5.74, 6) is 0.160. The van der Waals surface area contributed by atoms with Gasteiger partial charge >= 0.3 is 0 Å². The van der Waals surface area contributed by atoms with Gasteiger partial charge in [0, 0.05) is 43.3 Å². The maximum Gasteiger partial charge on any atom is 0.263 e. The number of aromatic nitrogens is 1. The van der Waals surface area contributed by atoms with Crippen molar-refractivity contribution < 1.29 is 13.9 Å². The predicted molar refractivity (Wildman–Crippen MR) is 121 cm³/mol. The van der Waals surface area contributed by atoms with Crippen LogP contribution in [0.4, 0.5) is 15.8 Å². The number of fused-ring (bicyclic) bond motifs is 2. The zero-order valence-corrected chi connectivity index (χ0v) is 18.0. The molecule has 2 aromatic heterocycles. The lowest BCUT2D eigenvalue weighted by Crippen LogP contribution is -2.44. The molecule has 31 heavy (non-hydrogen) atoms. The molecule has 2 aliphatic rings. The van der Waals surface area contributed by atoms with Crippen molar-refractivity contribution >= 4 is 38.8 Å². The fourth-order valence-corrected chi connectivity index (χ4v) is 5.12. The van der Waals surface area contributed by atoms with Crippen molar-refractivity contribution in [1.29, 1.82) is 0 Å². The highest BCUT2D eigenvalue weighted by Gasteiger charge is 2.25. The summed E-state index contributed by atoms with van der Waals surface area (Å²) in [5.41, 5.74) is 8.92. The first-order chi connectivity index (χ1) is 15.0. The molecule has 0 bridgehead atoms. The number of thiophene rings is 1. The SMILES string of the molecule is Cc1nc2sc(C(=O)N[C@@H]3COc4cc(N5CCNCC5)ccc4C3)c(N)c2cc1F. The molecule has 4 N–H and O–H groups in total. The molecule has 1 fully saturated rings. The Labute approximate surface area is 183 Å². The average Bonchev–Trinajstić information content (AvgIpc) is 3.10. The number of pyridine rings is 1. The fourth-order valence-electron chi connectivity index (χ4n) is 4.10. The van der Waals surface area contributed by atoms with E-state index in [1.54, 1.807) is 6.92 Å². The quantitative estimate of drug-likeness (QED) is 0.578. The summed E-state index contributed by atoms with van der Waals surface area (Å²) in [4.78, 5) is 20.3. The maximum atomic E-state index is 13.9. The van der Waals surface area contributed by atoms with Gasteiger partial charge in [-0.3, -0.25) is 4.79 Å². The molecule has 0 radical (unpaired) electrons. The number of nitrogens with one attached hydrogen (secondary N) is 2. The number of halogens is 1. The number of ether oxygens (including phenoxy) is 1. The number of nitrogens with zero attached hydrogens (tertiary/aromatic N) is 2. The fraction of sp³-hybridized carbons (Fsp3) is 0.364. The largest absolute Gasteiger partial charge is 0.491 e. The molecule has 1 saturated heterocycles. The number of anilines is 2. The second-order valence-corrected chi connectivity index (χ2v) is 8.97. The average molecular weight is 442 g/mol. The minimum absolute atomic E-state index is 0.166. The van der Waals surface area contributed by atoms with Gasteiger partial charge in [0.05, 0.1) is 17.4 Å². The van der Waals surface area contributed by atoms with Gasteiger partial charge in [-0.25, -0.2) is 9.37 Å². The Morgan fingerprint density at radius 1 is 1.35 bits per heavy atom. The van der Waals surface area contributed by atoms with Gasteiger partial charge in [0.1, 0.15) is 27.9 Å². The number of aryl methyl sites for hydroxylation is 1. The molecule has 3 aromatic rings. The molecule has 1 atom stereocenters. The molecule has 9 heteroatoms. The van der Waals surface area contributed by atoms with E-state index in [4.69, 9.17) is 10.5 Å². The van der Waals surface area contributed by atoms with E-state index >= 15 is 0 Å². The lowest BCUT2D eigenvalue weighted by atomic mass is 10.0. The summed E-state index contributed by atoms with van der Waals surface area (Å²) >= 11 is 1.18. The molecule has 4 heterocycles. The molecule has 0 unspecified atom stereocenters. The van der Waals surface area contributed by atoms with Crippen LogP contribution < -0.4 is 26.0 Å². The number of carbonyl (C=O) groups is 1. The Morgan fingerprint density at radius 3 is 2.97 bits per heavy atom. The maximum absolute atomic E-state index is 13.9. The first-order valence-corrected chi connectivity index (χ1v) is 11.2. The van der Waals surface area contributed by atoms with E-state index < -0.39 is 5.82 Å². The van der Waals surface area contributed by atoms with E-state index in [0.29, 0.717) is 28.1 Å². The number of benzene rings is 1. The van der Waals surface area contributed by atoms with Crippen LogP contribution in [0.5, 0.6) is 5.75 Å². The summed E-state index contributed by atoms with van der Waals surface area (Å²) in [6, 6.07) is 7.46. The van der Waals surface area contributed by atoms with E-state index in [1.165, 1.54) is 17.4 Å². The van der Waals surface area contributed by atoms with E-state index in [2.05, 4.69) is 38.7 Å². The van der Waals surface area contributed by atoms with Crippen molar-refractivity contribution in [2.45, 2.75) is 19.4 Å². The third-order valence-electron chi connectivity index (χ3n) is 5.83. The van der Waals surface area contributed by atoms with Crippen LogP contribution in [0.3, 0.4) is 0 Å². The van der Waals surface area contributed by atoms with Crippen molar-refractivity contribution in [2.24, 2.45) is 0 Å². The van der Waals surface area contributed by atoms with Crippen molar-refractivity contribution in [3.8, 4) is 5.75 Å². The van der Waals surface area contributed by atoms with Gasteiger partial charge < -0.3 is 26.0 Å². The number of nitrogen functional groups attached to an aromatic ring is 1. The van der Waals surface area contributed by atoms with Crippen LogP contribution >= 0.6 is 11.3 Å². The molecule has 162 valence electrons. The van der Waals surface area contributed by atoms with Crippen molar-refractivity contribution in [3.05, 3.63) is 46.2 Å². The number of piperazine rings is 1. The van der Waals surface area contributed by atoms with Crippen molar-refractivity contribution in [2.75, 3.05) is 43.4 Å². The summed E-state index contributed by atoms with van der Waals surface area (Å²) in [6.45, 7) is 5.90. The smallest absolute Gasteiger partial charge is 0.263 e. The molecule has 0 aliphatic carbocycles. The molecule has 0 saturated carbocycles. The van der Waals surface area contributed by atoms with Crippen LogP contribution in [-0.4, -0.2) is 49.7 Å². The van der Waals surface area contributed by atoms with Crippen LogP contribution in [0.2, 0.25) is 0 Å². The topological polar surface area (TPSA) is 92.5 Å². The lowest BCUT2D eigenvalue weighted by Gasteiger charge is -2.31. The highest BCUT2D eigenvalue weighted by Crippen LogP contribution is 2.34. The van der Waals surface area contributed by atoms with Crippen LogP contribution in [0.1, 0.15) is 20.9 Å². The van der Waals surface area contributed by atoms with E-state index in [9.17, 15) is 9.18 Å². The van der Waals surface area contributed by atoms with E-state index in [1.807, 2.05) is 0 Å². The summed E-state index contributed by atoms with van der Waals surface area (Å²) in [5, 5.41) is 6.85. The predicted octanol–water partition coefficient (Wildman–Crippen LogP) is 2.47. The molecule has 0 spiro atoms. The standard InChI is InChI=1S/C22H24FN5O2S/c1-12-17(23)10-16-19(24)20(31-22(16)26-12)21(29)27-14-8-13-2-3-15(9-18(13)30-11-14)28-6-4-25-5-7-28/h2-3,9-10,14,25H,4-8,11,24H2,1H3,(H,27,29)/t14-/m0/s1. The highest BCUT2D eigenvalue weighted by molar-refractivity contribution is 7.21. The Kier molecular flexibility index (Phi) is 5.15. The Morgan fingerprint density at radius 2 is 2.16 bits per heavy atom. The van der Waals surface area contributed by atoms with E-state index in [-0.39, 0.29) is 23.3 Å². The number of hydrogen-bond donors (Lipinski definition) is 3. The third kappa shape index (κ3) is 3.79. The van der Waals surface area contributed by atoms with Gasteiger partial charge in [-0.05, 0) is 31.0 Å². The van der Waals surface area contributed by atoms with Gasteiger partial charge in [0.25, 0.3) is 5.91 Å². The molecular formula is C22H24FN5O2S. The second kappa shape index (κ2) is 7.97. The molecular weight excluding hydrogens is 417 g/mol. The van der Waals surface area contributed by atoms with Crippen LogP contribution in [-0.2, 0) is 6.42 Å². The minimum Gasteiger partial charge on any atom is -0.491 e. The number of hydrogen-bond acceptors (Lipinski definition) is 7. The molecule has 2 aliphatic heterocycles. The van der Waals surface area contributed by atoms with Crippen molar-refractivity contribution in [3.63, 3.8) is 0 Å². The third-order valence-corrected chi connectivity index (χ3v) is 6.94. The highest BCUT2D eigenvalue weighted by atomic mass is 32.1. The Balaban J connectivity index is 1.30. The normalized spacial score (nSPS) is 18.5. The van der Waals surface area contributed by atoms with Crippen LogP contribution in [0, 0.1) is 12.7 Å². The number of rotatable bonds is 3. The zero-order valence-electron chi connectivity index (χ0n) is 17.2. The first-order valence-electron chi connectivity index (χ1n) is 10.4. The Hall–Kier alpha value is -2.91. The van der Waals surface area contributed by atoms with Gasteiger partial charge in [-0.1, -0.05) is 6.07 Å². The van der Waals surface area contributed by atoms with E-state index in [0.717, 1.165) is 43.2 Å². The minimum atomic E-state index is -0.429. The zero-order chi connectivity index (χ0) is 21.5. The Bertz CT molecular complexity index is 1160. The molecule has 1 aromatic carbocycles. The number of amides is 1.